The van der Waals surface area contributed by atoms with E-state index in [1.165, 1.54) is 0 Å². The first kappa shape index (κ1) is 15.5. The predicted molar refractivity (Wildman–Crippen MR) is 77.7 cm³/mol. The van der Waals surface area contributed by atoms with Crippen molar-refractivity contribution in [2.24, 2.45) is 12.5 Å². The molecule has 0 radical (unpaired) electrons. The molecule has 0 spiro atoms. The number of carbonyl (C=O) groups excluding carboxylic acids is 1. The standard InChI is InChI=1S/C15H23N3O3/c1-18-9-8-16-12(18)4-7-17-13(19)10-15(11-14(20)21)5-2-3-6-15/h8-9H,2-7,10-11H2,1H3,(H,17,19)(H,20,21). The molecule has 1 heterocycles. The molecule has 1 aromatic heterocycles. The summed E-state index contributed by atoms with van der Waals surface area (Å²) in [5.41, 5.74) is -0.334. The maximum Gasteiger partial charge on any atom is 0.303 e. The third-order valence-electron chi connectivity index (χ3n) is 4.32. The molecule has 1 fully saturated rings. The minimum absolute atomic E-state index is 0.0487. The van der Waals surface area contributed by atoms with Crippen molar-refractivity contribution in [2.45, 2.75) is 44.9 Å². The highest BCUT2D eigenvalue weighted by Crippen LogP contribution is 2.43. The van der Waals surface area contributed by atoms with Crippen LogP contribution in [0.3, 0.4) is 0 Å². The van der Waals surface area contributed by atoms with Gasteiger partial charge < -0.3 is 15.0 Å². The Kier molecular flexibility index (Phi) is 4.98. The Morgan fingerprint density at radius 2 is 2.10 bits per heavy atom. The lowest BCUT2D eigenvalue weighted by atomic mass is 9.79. The number of carboxylic acids is 1. The van der Waals surface area contributed by atoms with Crippen molar-refractivity contribution < 1.29 is 14.7 Å². The zero-order chi connectivity index (χ0) is 15.3. The summed E-state index contributed by atoms with van der Waals surface area (Å²) in [6.07, 6.45) is 8.43. The normalized spacial score (nSPS) is 16.8. The summed E-state index contributed by atoms with van der Waals surface area (Å²) < 4.78 is 1.93. The fraction of sp³-hybridized carbons (Fsp3) is 0.667. The Labute approximate surface area is 124 Å². The van der Waals surface area contributed by atoms with Crippen LogP contribution in [-0.2, 0) is 23.1 Å². The molecule has 0 saturated heterocycles. The number of amides is 1. The van der Waals surface area contributed by atoms with E-state index in [0.717, 1.165) is 31.5 Å². The van der Waals surface area contributed by atoms with E-state index in [-0.39, 0.29) is 17.7 Å². The van der Waals surface area contributed by atoms with Gasteiger partial charge >= 0.3 is 5.97 Å². The van der Waals surface area contributed by atoms with Crippen LogP contribution in [0, 0.1) is 5.41 Å². The SMILES string of the molecule is Cn1ccnc1CCNC(=O)CC1(CC(=O)O)CCCC1. The van der Waals surface area contributed by atoms with Crippen LogP contribution in [0.5, 0.6) is 0 Å². The molecule has 1 saturated carbocycles. The highest BCUT2D eigenvalue weighted by molar-refractivity contribution is 5.78. The fourth-order valence-electron chi connectivity index (χ4n) is 3.22. The van der Waals surface area contributed by atoms with Crippen molar-refractivity contribution in [1.29, 1.82) is 0 Å². The molecule has 1 aliphatic rings. The summed E-state index contributed by atoms with van der Waals surface area (Å²) in [5.74, 6) is 0.0708. The van der Waals surface area contributed by atoms with Gasteiger partial charge in [0.15, 0.2) is 0 Å². The van der Waals surface area contributed by atoms with E-state index in [1.54, 1.807) is 6.20 Å². The molecule has 0 aliphatic heterocycles. The van der Waals surface area contributed by atoms with Crippen molar-refractivity contribution in [1.82, 2.24) is 14.9 Å². The van der Waals surface area contributed by atoms with Crippen molar-refractivity contribution in [3.05, 3.63) is 18.2 Å². The Morgan fingerprint density at radius 1 is 1.38 bits per heavy atom. The van der Waals surface area contributed by atoms with E-state index in [1.807, 2.05) is 17.8 Å². The van der Waals surface area contributed by atoms with Crippen molar-refractivity contribution in [3.8, 4) is 0 Å². The Bertz CT molecular complexity index is 504. The van der Waals surface area contributed by atoms with Gasteiger partial charge in [-0.2, -0.15) is 0 Å². The molecule has 2 N–H and O–H groups in total. The van der Waals surface area contributed by atoms with Crippen LogP contribution >= 0.6 is 0 Å². The average Bonchev–Trinajstić information content (AvgIpc) is 2.99. The van der Waals surface area contributed by atoms with Gasteiger partial charge in [-0.15, -0.1) is 0 Å². The Morgan fingerprint density at radius 3 is 2.67 bits per heavy atom. The van der Waals surface area contributed by atoms with Crippen molar-refractivity contribution in [3.63, 3.8) is 0 Å². The fourth-order valence-corrected chi connectivity index (χ4v) is 3.22. The van der Waals surface area contributed by atoms with Crippen LogP contribution in [0.25, 0.3) is 0 Å². The number of hydrogen-bond donors (Lipinski definition) is 2. The molecule has 1 amide bonds. The Hall–Kier alpha value is -1.85. The minimum Gasteiger partial charge on any atom is -0.481 e. The largest absolute Gasteiger partial charge is 0.481 e. The number of carbonyl (C=O) groups is 2. The van der Waals surface area contributed by atoms with Gasteiger partial charge in [0.2, 0.25) is 5.91 Å². The molecule has 116 valence electrons. The lowest BCUT2D eigenvalue weighted by molar-refractivity contribution is -0.140. The molecule has 6 nitrogen and oxygen atoms in total. The van der Waals surface area contributed by atoms with E-state index < -0.39 is 5.97 Å². The summed E-state index contributed by atoms with van der Waals surface area (Å²) in [7, 11) is 1.92. The molecular weight excluding hydrogens is 270 g/mol. The first-order valence-corrected chi connectivity index (χ1v) is 7.45. The lowest BCUT2D eigenvalue weighted by Gasteiger charge is -2.26. The molecule has 1 aromatic rings. The first-order valence-electron chi connectivity index (χ1n) is 7.45. The maximum absolute atomic E-state index is 12.1. The molecule has 2 rings (SSSR count). The van der Waals surface area contributed by atoms with Gasteiger partial charge in [0.25, 0.3) is 0 Å². The molecule has 0 aromatic carbocycles. The van der Waals surface area contributed by atoms with E-state index in [2.05, 4.69) is 10.3 Å². The van der Waals surface area contributed by atoms with Crippen LogP contribution in [-0.4, -0.2) is 33.1 Å². The van der Waals surface area contributed by atoms with Crippen LogP contribution < -0.4 is 5.32 Å². The number of hydrogen-bond acceptors (Lipinski definition) is 3. The van der Waals surface area contributed by atoms with Gasteiger partial charge in [-0.3, -0.25) is 9.59 Å². The zero-order valence-electron chi connectivity index (χ0n) is 12.5. The third-order valence-corrected chi connectivity index (χ3v) is 4.32. The zero-order valence-corrected chi connectivity index (χ0v) is 12.5. The monoisotopic (exact) mass is 293 g/mol. The molecule has 0 bridgehead atoms. The van der Waals surface area contributed by atoms with Gasteiger partial charge in [0.1, 0.15) is 5.82 Å². The van der Waals surface area contributed by atoms with Gasteiger partial charge in [-0.1, -0.05) is 12.8 Å². The van der Waals surface area contributed by atoms with E-state index >= 15 is 0 Å². The number of imidazole rings is 1. The summed E-state index contributed by atoms with van der Waals surface area (Å²) in [6, 6.07) is 0. The number of aryl methyl sites for hydroxylation is 1. The molecule has 0 unspecified atom stereocenters. The van der Waals surface area contributed by atoms with Crippen LogP contribution in [0.15, 0.2) is 12.4 Å². The number of carboxylic acid groups (broad SMARTS) is 1. The number of nitrogens with zero attached hydrogens (tertiary/aromatic N) is 2. The van der Waals surface area contributed by atoms with Gasteiger partial charge in [-0.05, 0) is 18.3 Å². The van der Waals surface area contributed by atoms with E-state index in [4.69, 9.17) is 5.11 Å². The van der Waals surface area contributed by atoms with Gasteiger partial charge in [-0.25, -0.2) is 4.98 Å². The summed E-state index contributed by atoms with van der Waals surface area (Å²) in [6.45, 7) is 0.535. The van der Waals surface area contributed by atoms with Gasteiger partial charge in [0.05, 0.1) is 6.42 Å². The molecule has 6 heteroatoms. The first-order chi connectivity index (χ1) is 10.0. The summed E-state index contributed by atoms with van der Waals surface area (Å²) in [5, 5.41) is 11.9. The van der Waals surface area contributed by atoms with Crippen molar-refractivity contribution >= 4 is 11.9 Å². The quantitative estimate of drug-likeness (QED) is 0.798. The molecule has 21 heavy (non-hydrogen) atoms. The third kappa shape index (κ3) is 4.31. The highest BCUT2D eigenvalue weighted by Gasteiger charge is 2.37. The minimum atomic E-state index is -0.808. The van der Waals surface area contributed by atoms with Crippen LogP contribution in [0.2, 0.25) is 0 Å². The summed E-state index contributed by atoms with van der Waals surface area (Å²) >= 11 is 0. The number of rotatable bonds is 7. The predicted octanol–water partition coefficient (Wildman–Crippen LogP) is 1.50. The molecule has 1 aliphatic carbocycles. The van der Waals surface area contributed by atoms with Crippen molar-refractivity contribution in [2.75, 3.05) is 6.54 Å². The number of aromatic nitrogens is 2. The highest BCUT2D eigenvalue weighted by atomic mass is 16.4. The topological polar surface area (TPSA) is 84.2 Å². The second-order valence-electron chi connectivity index (χ2n) is 6.01. The van der Waals surface area contributed by atoms with Gasteiger partial charge in [0, 0.05) is 38.8 Å². The molecule has 0 atom stereocenters. The van der Waals surface area contributed by atoms with Crippen LogP contribution in [0.4, 0.5) is 0 Å². The van der Waals surface area contributed by atoms with Crippen LogP contribution in [0.1, 0.15) is 44.3 Å². The lowest BCUT2D eigenvalue weighted by Crippen LogP contribution is -2.33. The molecular formula is C15H23N3O3. The Balaban J connectivity index is 1.80. The second kappa shape index (κ2) is 6.74. The average molecular weight is 293 g/mol. The van der Waals surface area contributed by atoms with E-state index in [9.17, 15) is 9.59 Å². The smallest absolute Gasteiger partial charge is 0.303 e. The second-order valence-corrected chi connectivity index (χ2v) is 6.01. The number of nitrogens with one attached hydrogen (secondary N) is 1. The van der Waals surface area contributed by atoms with E-state index in [0.29, 0.717) is 19.4 Å². The number of aliphatic carboxylic acids is 1. The maximum atomic E-state index is 12.1. The summed E-state index contributed by atoms with van der Waals surface area (Å²) in [4.78, 5) is 27.3.